The van der Waals surface area contributed by atoms with E-state index in [1.54, 1.807) is 12.4 Å². The molecule has 0 aliphatic heterocycles. The first-order valence-electron chi connectivity index (χ1n) is 15.3. The first-order chi connectivity index (χ1) is 20.1. The lowest BCUT2D eigenvalue weighted by Gasteiger charge is -2.25. The third kappa shape index (κ3) is 11.2. The van der Waals surface area contributed by atoms with Crippen molar-refractivity contribution >= 4 is 35.5 Å². The van der Waals surface area contributed by atoms with E-state index in [9.17, 15) is 4.79 Å². The van der Waals surface area contributed by atoms with Crippen molar-refractivity contribution < 1.29 is 14.6 Å². The van der Waals surface area contributed by atoms with E-state index >= 15 is 0 Å². The third-order valence-electron chi connectivity index (χ3n) is 7.03. The maximum absolute atomic E-state index is 11.7. The summed E-state index contributed by atoms with van der Waals surface area (Å²) in [6.45, 7) is 21.1. The lowest BCUT2D eigenvalue weighted by molar-refractivity contribution is -0.123. The van der Waals surface area contributed by atoms with E-state index in [-0.39, 0.29) is 11.9 Å². The summed E-state index contributed by atoms with van der Waals surface area (Å²) in [5.74, 6) is 1.57. The third-order valence-corrected chi connectivity index (χ3v) is 7.03. The molecule has 10 nitrogen and oxygen atoms in total. The molecule has 0 saturated carbocycles. The Hall–Kier alpha value is -3.24. The minimum atomic E-state index is -0.515. The van der Waals surface area contributed by atoms with Crippen LogP contribution < -0.4 is 26.6 Å². The molecule has 0 aliphatic carbocycles. The number of rotatable bonds is 19. The molecule has 2 heterocycles. The van der Waals surface area contributed by atoms with Crippen LogP contribution in [0, 0.1) is 11.8 Å². The molecule has 42 heavy (non-hydrogen) atoms. The molecule has 2 aromatic heterocycles. The van der Waals surface area contributed by atoms with Gasteiger partial charge in [0.2, 0.25) is 17.8 Å². The van der Waals surface area contributed by atoms with Crippen molar-refractivity contribution in [2.75, 3.05) is 50.1 Å². The average molecular weight is 584 g/mol. The van der Waals surface area contributed by atoms with Gasteiger partial charge >= 0.3 is 0 Å². The van der Waals surface area contributed by atoms with Crippen LogP contribution in [-0.4, -0.2) is 70.0 Å². The summed E-state index contributed by atoms with van der Waals surface area (Å²) in [5.41, 5.74) is 8.93. The molecule has 10 heteroatoms. The SMILES string of the molecule is C=c1/c(=C(\C/C=C(\C)c2cnc(N)nc2)CC[C@@H](C)COCCC)nc(N(CCC)CCNC(=O)CO)n1CC(C)C. The fourth-order valence-electron chi connectivity index (χ4n) is 4.71. The number of nitrogens with one attached hydrogen (secondary N) is 1. The topological polar surface area (TPSA) is 131 Å². The standard InChI is InChI=1S/C32H53N7O3/c1-8-15-38(16-14-34-29(41)21-40)32-37-30(26(7)39(32)20-23(3)4)27(12-10-24(5)22-42-17-9-2)13-11-25(6)28-18-35-31(33)36-19-28/h11,18-19,23-24,40H,7-10,12-17,20-22H2,1-6H3,(H,34,41)(H2,33,35,36)/b25-11+,30-27+/t24-/m1/s1. The van der Waals surface area contributed by atoms with E-state index in [4.69, 9.17) is 20.6 Å². The highest BCUT2D eigenvalue weighted by Gasteiger charge is 2.18. The highest BCUT2D eigenvalue weighted by Crippen LogP contribution is 2.20. The van der Waals surface area contributed by atoms with Crippen molar-refractivity contribution in [2.24, 2.45) is 11.8 Å². The Morgan fingerprint density at radius 3 is 2.55 bits per heavy atom. The molecule has 0 fully saturated rings. The monoisotopic (exact) mass is 583 g/mol. The van der Waals surface area contributed by atoms with Gasteiger partial charge in [-0.1, -0.05) is 47.3 Å². The predicted octanol–water partition coefficient (Wildman–Crippen LogP) is 3.13. The fourth-order valence-corrected chi connectivity index (χ4v) is 4.71. The number of hydrogen-bond donors (Lipinski definition) is 3. The molecule has 0 spiro atoms. The molecule has 234 valence electrons. The second-order valence-electron chi connectivity index (χ2n) is 11.5. The van der Waals surface area contributed by atoms with Crippen molar-refractivity contribution in [3.05, 3.63) is 34.7 Å². The summed E-state index contributed by atoms with van der Waals surface area (Å²) in [7, 11) is 0. The van der Waals surface area contributed by atoms with Crippen LogP contribution in [0.15, 0.2) is 18.5 Å². The summed E-state index contributed by atoms with van der Waals surface area (Å²) >= 11 is 0. The van der Waals surface area contributed by atoms with E-state index in [1.165, 1.54) is 5.57 Å². The lowest BCUT2D eigenvalue weighted by Crippen LogP contribution is -2.38. The van der Waals surface area contributed by atoms with Crippen LogP contribution in [-0.2, 0) is 16.1 Å². The van der Waals surface area contributed by atoms with Crippen molar-refractivity contribution in [3.63, 3.8) is 0 Å². The van der Waals surface area contributed by atoms with Crippen LogP contribution in [0.1, 0.15) is 79.2 Å². The van der Waals surface area contributed by atoms with Crippen LogP contribution in [0.2, 0.25) is 0 Å². The Kier molecular flexibility index (Phi) is 15.3. The molecule has 1 atom stereocenters. The number of nitrogens with two attached hydrogens (primary N) is 1. The van der Waals surface area contributed by atoms with Gasteiger partial charge in [0.15, 0.2) is 0 Å². The fraction of sp³-hybridized carbons (Fsp3) is 0.625. The number of nitrogen functional groups attached to an aromatic ring is 1. The number of amides is 1. The average Bonchev–Trinajstić information content (AvgIpc) is 3.27. The van der Waals surface area contributed by atoms with Gasteiger partial charge < -0.3 is 30.4 Å². The van der Waals surface area contributed by atoms with Crippen LogP contribution >= 0.6 is 0 Å². The van der Waals surface area contributed by atoms with E-state index < -0.39 is 6.61 Å². The predicted molar refractivity (Wildman–Crippen MR) is 172 cm³/mol. The van der Waals surface area contributed by atoms with Gasteiger partial charge in [-0.25, -0.2) is 15.0 Å². The number of allylic oxidation sites excluding steroid dienone is 2. The second kappa shape index (κ2) is 18.3. The molecule has 0 radical (unpaired) electrons. The number of ether oxygens (including phenoxy) is 1. The van der Waals surface area contributed by atoms with Gasteiger partial charge in [0.25, 0.3) is 0 Å². The van der Waals surface area contributed by atoms with E-state index in [0.29, 0.717) is 24.9 Å². The zero-order valence-electron chi connectivity index (χ0n) is 26.7. The normalized spacial score (nSPS) is 13.4. The van der Waals surface area contributed by atoms with Crippen LogP contribution in [0.25, 0.3) is 17.7 Å². The Morgan fingerprint density at radius 1 is 1.21 bits per heavy atom. The summed E-state index contributed by atoms with van der Waals surface area (Å²) in [6.07, 6.45) is 10.2. The number of anilines is 2. The number of carbonyl (C=O) groups excluding carboxylic acids is 1. The Balaban J connectivity index is 2.56. The molecule has 0 aromatic carbocycles. The van der Waals surface area contributed by atoms with Crippen molar-refractivity contribution in [2.45, 2.75) is 80.2 Å². The maximum Gasteiger partial charge on any atom is 0.245 e. The molecule has 0 saturated heterocycles. The van der Waals surface area contributed by atoms with Crippen LogP contribution in [0.5, 0.6) is 0 Å². The molecule has 0 aliphatic rings. The van der Waals surface area contributed by atoms with E-state index in [2.05, 4.69) is 78.9 Å². The van der Waals surface area contributed by atoms with Gasteiger partial charge in [-0.3, -0.25) is 4.79 Å². The molecular weight excluding hydrogens is 530 g/mol. The van der Waals surface area contributed by atoms with Gasteiger partial charge in [0.1, 0.15) is 6.61 Å². The van der Waals surface area contributed by atoms with Gasteiger partial charge in [-0.2, -0.15) is 0 Å². The van der Waals surface area contributed by atoms with E-state index in [0.717, 1.165) is 86.2 Å². The van der Waals surface area contributed by atoms with Crippen LogP contribution in [0.3, 0.4) is 0 Å². The van der Waals surface area contributed by atoms with E-state index in [1.807, 2.05) is 0 Å². The molecule has 4 N–H and O–H groups in total. The Labute approximate surface area is 251 Å². The van der Waals surface area contributed by atoms with Gasteiger partial charge in [-0.05, 0) is 62.0 Å². The second-order valence-corrected chi connectivity index (χ2v) is 11.5. The first-order valence-corrected chi connectivity index (χ1v) is 15.3. The summed E-state index contributed by atoms with van der Waals surface area (Å²) in [6, 6.07) is 0. The number of imidazole rings is 1. The van der Waals surface area contributed by atoms with Gasteiger partial charge in [0, 0.05) is 57.3 Å². The molecule has 0 unspecified atom stereocenters. The quantitative estimate of drug-likeness (QED) is 0.215. The van der Waals surface area contributed by atoms with Crippen molar-refractivity contribution in [1.29, 1.82) is 0 Å². The zero-order valence-corrected chi connectivity index (χ0v) is 26.7. The number of nitrogens with zero attached hydrogens (tertiary/aromatic N) is 5. The van der Waals surface area contributed by atoms with Gasteiger partial charge in [-0.15, -0.1) is 0 Å². The number of hydrogen-bond acceptors (Lipinski definition) is 8. The summed E-state index contributed by atoms with van der Waals surface area (Å²) in [4.78, 5) is 27.4. The molecular formula is C32H53N7O3. The minimum absolute atomic E-state index is 0.260. The van der Waals surface area contributed by atoms with Gasteiger partial charge in [0.05, 0.1) is 10.7 Å². The van der Waals surface area contributed by atoms with Crippen LogP contribution in [0.4, 0.5) is 11.9 Å². The number of aromatic nitrogens is 4. The highest BCUT2D eigenvalue weighted by atomic mass is 16.5. The molecule has 1 amide bonds. The minimum Gasteiger partial charge on any atom is -0.387 e. The smallest absolute Gasteiger partial charge is 0.245 e. The lowest BCUT2D eigenvalue weighted by atomic mass is 9.98. The maximum atomic E-state index is 11.7. The van der Waals surface area contributed by atoms with Crippen molar-refractivity contribution in [3.8, 4) is 0 Å². The molecule has 0 bridgehead atoms. The summed E-state index contributed by atoms with van der Waals surface area (Å²) < 4.78 is 8.05. The number of carbonyl (C=O) groups is 1. The highest BCUT2D eigenvalue weighted by molar-refractivity contribution is 5.76. The Morgan fingerprint density at radius 2 is 1.93 bits per heavy atom. The summed E-state index contributed by atoms with van der Waals surface area (Å²) in [5, 5.41) is 13.7. The first kappa shape index (κ1) is 35.0. The van der Waals surface area contributed by atoms with Crippen molar-refractivity contribution in [1.82, 2.24) is 24.8 Å². The number of aliphatic hydroxyl groups is 1. The Bertz CT molecular complexity index is 1240. The molecule has 2 aromatic rings. The number of aliphatic hydroxyl groups excluding tert-OH is 1. The zero-order chi connectivity index (χ0) is 31.1. The largest absolute Gasteiger partial charge is 0.387 e. The molecule has 2 rings (SSSR count).